The Balaban J connectivity index is 2.06. The molecule has 3 rings (SSSR count). The van der Waals surface area contributed by atoms with Crippen molar-refractivity contribution in [2.45, 2.75) is 9.92 Å². The van der Waals surface area contributed by atoms with Crippen molar-refractivity contribution in [3.05, 3.63) is 66.9 Å². The zero-order chi connectivity index (χ0) is 11.5. The summed E-state index contributed by atoms with van der Waals surface area (Å²) in [6.07, 6.45) is 1.83. The molecule has 0 spiro atoms. The van der Waals surface area contributed by atoms with E-state index in [2.05, 4.69) is 47.4 Å². The number of hydrogen-bond donors (Lipinski definition) is 0. The highest BCUT2D eigenvalue weighted by Crippen LogP contribution is 2.31. The molecule has 0 unspecified atom stereocenters. The Morgan fingerprint density at radius 2 is 1.59 bits per heavy atom. The van der Waals surface area contributed by atoms with Crippen LogP contribution in [0.25, 0.3) is 10.8 Å². The summed E-state index contributed by atoms with van der Waals surface area (Å²) in [5.41, 5.74) is 0. The summed E-state index contributed by atoms with van der Waals surface area (Å²) >= 11 is 1.71. The fraction of sp³-hybridized carbons (Fsp3) is 0. The third kappa shape index (κ3) is 2.17. The molecule has 0 atom stereocenters. The molecule has 17 heavy (non-hydrogen) atoms. The van der Waals surface area contributed by atoms with E-state index in [4.69, 9.17) is 0 Å². The molecule has 1 nitrogen and oxygen atoms in total. The molecule has 0 aliphatic rings. The van der Waals surface area contributed by atoms with Crippen molar-refractivity contribution in [3.63, 3.8) is 0 Å². The van der Waals surface area contributed by atoms with Crippen LogP contribution in [-0.4, -0.2) is 4.98 Å². The summed E-state index contributed by atoms with van der Waals surface area (Å²) in [4.78, 5) is 5.60. The molecule has 0 saturated heterocycles. The lowest BCUT2D eigenvalue weighted by molar-refractivity contribution is 1.13. The molecular formula is C15H11NS. The first-order chi connectivity index (χ1) is 8.43. The maximum absolute atomic E-state index is 4.34. The van der Waals surface area contributed by atoms with Gasteiger partial charge in [-0.05, 0) is 29.0 Å². The van der Waals surface area contributed by atoms with Gasteiger partial charge in [-0.15, -0.1) is 0 Å². The summed E-state index contributed by atoms with van der Waals surface area (Å²) in [6, 6.07) is 20.8. The van der Waals surface area contributed by atoms with Gasteiger partial charge < -0.3 is 0 Å². The van der Waals surface area contributed by atoms with Crippen LogP contribution < -0.4 is 0 Å². The maximum atomic E-state index is 4.34. The average molecular weight is 237 g/mol. The van der Waals surface area contributed by atoms with Crippen LogP contribution in [0.2, 0.25) is 0 Å². The first-order valence-electron chi connectivity index (χ1n) is 5.50. The maximum Gasteiger partial charge on any atom is 0.101 e. The number of pyridine rings is 1. The van der Waals surface area contributed by atoms with Gasteiger partial charge in [0.2, 0.25) is 0 Å². The summed E-state index contributed by atoms with van der Waals surface area (Å²) in [7, 11) is 0. The van der Waals surface area contributed by atoms with E-state index in [1.54, 1.807) is 11.8 Å². The minimum atomic E-state index is 1.03. The van der Waals surface area contributed by atoms with Gasteiger partial charge in [-0.25, -0.2) is 4.98 Å². The fourth-order valence-corrected chi connectivity index (χ4v) is 2.73. The lowest BCUT2D eigenvalue weighted by atomic mass is 10.1. The highest BCUT2D eigenvalue weighted by atomic mass is 32.2. The van der Waals surface area contributed by atoms with Crippen molar-refractivity contribution < 1.29 is 0 Å². The van der Waals surface area contributed by atoms with Crippen LogP contribution >= 0.6 is 11.8 Å². The Hall–Kier alpha value is -1.80. The quantitative estimate of drug-likeness (QED) is 0.655. The molecular weight excluding hydrogens is 226 g/mol. The Bertz CT molecular complexity index is 629. The van der Waals surface area contributed by atoms with E-state index in [9.17, 15) is 0 Å². The standard InChI is InChI=1S/C15H11NS/c1-2-8-13-12(6-1)7-5-9-14(13)17-15-10-3-4-11-16-15/h1-11H. The SMILES string of the molecule is c1ccc(Sc2cccc3ccccc23)nc1. The van der Waals surface area contributed by atoms with Crippen molar-refractivity contribution in [2.75, 3.05) is 0 Å². The molecule has 3 aromatic rings. The van der Waals surface area contributed by atoms with Gasteiger partial charge in [0.1, 0.15) is 5.03 Å². The lowest BCUT2D eigenvalue weighted by Crippen LogP contribution is -1.80. The molecule has 0 radical (unpaired) electrons. The van der Waals surface area contributed by atoms with Crippen LogP contribution in [0.4, 0.5) is 0 Å². The van der Waals surface area contributed by atoms with E-state index in [-0.39, 0.29) is 0 Å². The van der Waals surface area contributed by atoms with Gasteiger partial charge in [0, 0.05) is 11.1 Å². The summed E-state index contributed by atoms with van der Waals surface area (Å²) < 4.78 is 0. The van der Waals surface area contributed by atoms with E-state index in [0.717, 1.165) is 5.03 Å². The van der Waals surface area contributed by atoms with Crippen molar-refractivity contribution in [2.24, 2.45) is 0 Å². The Morgan fingerprint density at radius 1 is 0.765 bits per heavy atom. The van der Waals surface area contributed by atoms with Gasteiger partial charge in [-0.3, -0.25) is 0 Å². The third-order valence-electron chi connectivity index (χ3n) is 2.60. The molecule has 0 saturated carbocycles. The normalized spacial score (nSPS) is 10.6. The second-order valence-electron chi connectivity index (χ2n) is 3.75. The van der Waals surface area contributed by atoms with Crippen LogP contribution in [0.3, 0.4) is 0 Å². The van der Waals surface area contributed by atoms with Crippen LogP contribution in [0.5, 0.6) is 0 Å². The third-order valence-corrected chi connectivity index (χ3v) is 3.63. The van der Waals surface area contributed by atoms with E-state index >= 15 is 0 Å². The number of fused-ring (bicyclic) bond motifs is 1. The topological polar surface area (TPSA) is 12.9 Å². The Labute approximate surface area is 105 Å². The van der Waals surface area contributed by atoms with Crippen molar-refractivity contribution >= 4 is 22.5 Å². The molecule has 2 aromatic carbocycles. The van der Waals surface area contributed by atoms with Crippen LogP contribution in [0.15, 0.2) is 76.8 Å². The largest absolute Gasteiger partial charge is 0.250 e. The Morgan fingerprint density at radius 3 is 2.47 bits per heavy atom. The predicted molar refractivity (Wildman–Crippen MR) is 72.3 cm³/mol. The molecule has 0 amide bonds. The van der Waals surface area contributed by atoms with E-state index in [1.807, 2.05) is 24.4 Å². The molecule has 0 aliphatic heterocycles. The summed E-state index contributed by atoms with van der Waals surface area (Å²) in [5, 5.41) is 3.59. The fourth-order valence-electron chi connectivity index (χ4n) is 1.80. The lowest BCUT2D eigenvalue weighted by Gasteiger charge is -2.05. The molecule has 0 bridgehead atoms. The molecule has 0 N–H and O–H groups in total. The van der Waals surface area contributed by atoms with Crippen molar-refractivity contribution in [3.8, 4) is 0 Å². The van der Waals surface area contributed by atoms with Gasteiger partial charge in [-0.2, -0.15) is 0 Å². The molecule has 1 aromatic heterocycles. The highest BCUT2D eigenvalue weighted by molar-refractivity contribution is 7.99. The molecule has 1 heterocycles. The van der Waals surface area contributed by atoms with Gasteiger partial charge in [0.25, 0.3) is 0 Å². The molecule has 0 fully saturated rings. The second-order valence-corrected chi connectivity index (χ2v) is 4.81. The minimum Gasteiger partial charge on any atom is -0.250 e. The number of rotatable bonds is 2. The van der Waals surface area contributed by atoms with Crippen molar-refractivity contribution in [1.82, 2.24) is 4.98 Å². The predicted octanol–water partition coefficient (Wildman–Crippen LogP) is 4.39. The molecule has 2 heteroatoms. The van der Waals surface area contributed by atoms with Crippen LogP contribution in [0.1, 0.15) is 0 Å². The number of nitrogens with zero attached hydrogens (tertiary/aromatic N) is 1. The highest BCUT2D eigenvalue weighted by Gasteiger charge is 2.02. The smallest absolute Gasteiger partial charge is 0.101 e. The number of hydrogen-bond acceptors (Lipinski definition) is 2. The Kier molecular flexibility index (Phi) is 2.80. The van der Waals surface area contributed by atoms with Crippen LogP contribution in [0, 0.1) is 0 Å². The number of benzene rings is 2. The zero-order valence-electron chi connectivity index (χ0n) is 9.21. The first kappa shape index (κ1) is 10.4. The zero-order valence-corrected chi connectivity index (χ0v) is 10.0. The van der Waals surface area contributed by atoms with Gasteiger partial charge in [0.05, 0.1) is 0 Å². The van der Waals surface area contributed by atoms with Crippen molar-refractivity contribution in [1.29, 1.82) is 0 Å². The van der Waals surface area contributed by atoms with E-state index in [0.29, 0.717) is 0 Å². The van der Waals surface area contributed by atoms with E-state index < -0.39 is 0 Å². The second kappa shape index (κ2) is 4.60. The van der Waals surface area contributed by atoms with E-state index in [1.165, 1.54) is 15.7 Å². The van der Waals surface area contributed by atoms with Gasteiger partial charge >= 0.3 is 0 Å². The van der Waals surface area contributed by atoms with Gasteiger partial charge in [-0.1, -0.05) is 54.2 Å². The summed E-state index contributed by atoms with van der Waals surface area (Å²) in [5.74, 6) is 0. The van der Waals surface area contributed by atoms with Gasteiger partial charge in [0.15, 0.2) is 0 Å². The number of aromatic nitrogens is 1. The molecule has 0 aliphatic carbocycles. The minimum absolute atomic E-state index is 1.03. The average Bonchev–Trinajstić information content (AvgIpc) is 2.40. The first-order valence-corrected chi connectivity index (χ1v) is 6.32. The monoisotopic (exact) mass is 237 g/mol. The molecule has 82 valence electrons. The van der Waals surface area contributed by atoms with Crippen LogP contribution in [-0.2, 0) is 0 Å². The summed E-state index contributed by atoms with van der Waals surface area (Å²) in [6.45, 7) is 0.